The third-order valence-electron chi connectivity index (χ3n) is 11.4. The van der Waals surface area contributed by atoms with Gasteiger partial charge < -0.3 is 16.0 Å². The number of hydrogen-bond donors (Lipinski definition) is 3. The van der Waals surface area contributed by atoms with E-state index in [0.29, 0.717) is 42.6 Å². The van der Waals surface area contributed by atoms with Crippen molar-refractivity contribution in [1.82, 2.24) is 39.7 Å². The van der Waals surface area contributed by atoms with Crippen molar-refractivity contribution in [2.24, 2.45) is 11.7 Å². The van der Waals surface area contributed by atoms with Gasteiger partial charge in [0.15, 0.2) is 0 Å². The summed E-state index contributed by atoms with van der Waals surface area (Å²) in [7, 11) is 0. The quantitative estimate of drug-likeness (QED) is 0.248. The highest BCUT2D eigenvalue weighted by molar-refractivity contribution is 7.05. The molecule has 0 radical (unpaired) electrons. The smallest absolute Gasteiger partial charge is 0.269 e. The number of anilines is 1. The number of fused-ring (bicyclic) bond motifs is 1. The molecule has 55 heavy (non-hydrogen) atoms. The summed E-state index contributed by atoms with van der Waals surface area (Å²) in [5.41, 5.74) is 8.71. The van der Waals surface area contributed by atoms with E-state index in [1.54, 1.807) is 18.3 Å². The Morgan fingerprint density at radius 3 is 2.49 bits per heavy atom. The molecule has 4 saturated heterocycles. The molecule has 3 aromatic rings. The summed E-state index contributed by atoms with van der Waals surface area (Å²) in [5, 5.41) is 5.54. The summed E-state index contributed by atoms with van der Waals surface area (Å²) in [4.78, 5) is 93.8. The molecule has 0 aliphatic carbocycles. The standard InChI is InChI=1S/C38H44N10O6S/c1-21-13-26(55-44-21)15-29-33(34(39)50)40-16-31(42-29)47-10-2-3-24(18-47)41-35(51)23-8-11-46(12-9-23)25-19-45(20-25)17-22-4-5-27-28(14-22)38(54)48(37(27)53)30-6-7-32(49)43-36(30)52/h4-5,13-14,16,23-25,30H,2-3,6-12,15,17-20H2,1H3,(H2,39,50)(H,41,51)(H,43,49,52)/t24-,30?/m1/s1. The minimum absolute atomic E-state index is 0.0159. The van der Waals surface area contributed by atoms with Gasteiger partial charge in [-0.05, 0) is 87.4 Å². The molecule has 2 aromatic heterocycles. The van der Waals surface area contributed by atoms with Crippen LogP contribution in [0.15, 0.2) is 30.5 Å². The first-order valence-electron chi connectivity index (χ1n) is 18.9. The average molecular weight is 769 g/mol. The molecule has 0 spiro atoms. The van der Waals surface area contributed by atoms with E-state index in [-0.39, 0.29) is 42.0 Å². The highest BCUT2D eigenvalue weighted by Crippen LogP contribution is 2.30. The minimum Gasteiger partial charge on any atom is -0.364 e. The van der Waals surface area contributed by atoms with Crippen LogP contribution in [-0.2, 0) is 27.3 Å². The first kappa shape index (κ1) is 36.8. The van der Waals surface area contributed by atoms with E-state index in [4.69, 9.17) is 10.7 Å². The van der Waals surface area contributed by atoms with Gasteiger partial charge in [0.25, 0.3) is 17.7 Å². The van der Waals surface area contributed by atoms with Gasteiger partial charge in [0.2, 0.25) is 17.7 Å². The lowest BCUT2D eigenvalue weighted by Crippen LogP contribution is -2.60. The van der Waals surface area contributed by atoms with Crippen LogP contribution in [0.3, 0.4) is 0 Å². The first-order valence-corrected chi connectivity index (χ1v) is 19.7. The number of imide groups is 2. The maximum absolute atomic E-state index is 13.4. The molecule has 17 heteroatoms. The monoisotopic (exact) mass is 768 g/mol. The lowest BCUT2D eigenvalue weighted by atomic mass is 9.92. The van der Waals surface area contributed by atoms with Crippen LogP contribution < -0.4 is 21.3 Å². The fraction of sp³-hybridized carbons (Fsp3) is 0.500. The number of nitrogens with two attached hydrogens (primary N) is 1. The number of aromatic nitrogens is 3. The van der Waals surface area contributed by atoms with E-state index < -0.39 is 35.6 Å². The van der Waals surface area contributed by atoms with Crippen molar-refractivity contribution in [3.8, 4) is 0 Å². The Bertz CT molecular complexity index is 2060. The van der Waals surface area contributed by atoms with Crippen LogP contribution in [0.1, 0.15) is 91.6 Å². The molecule has 5 aliphatic rings. The van der Waals surface area contributed by atoms with Gasteiger partial charge in [-0.1, -0.05) is 6.07 Å². The van der Waals surface area contributed by atoms with Gasteiger partial charge in [0.05, 0.1) is 28.7 Å². The van der Waals surface area contributed by atoms with Crippen molar-refractivity contribution in [3.05, 3.63) is 69.1 Å². The normalized spacial score (nSPS) is 22.8. The summed E-state index contributed by atoms with van der Waals surface area (Å²) >= 11 is 1.37. The van der Waals surface area contributed by atoms with Gasteiger partial charge in [-0.15, -0.1) is 0 Å². The van der Waals surface area contributed by atoms with Crippen LogP contribution in [0, 0.1) is 12.8 Å². The van der Waals surface area contributed by atoms with E-state index in [1.165, 1.54) is 11.5 Å². The largest absolute Gasteiger partial charge is 0.364 e. The lowest BCUT2D eigenvalue weighted by molar-refractivity contribution is -0.136. The van der Waals surface area contributed by atoms with Gasteiger partial charge in [-0.3, -0.25) is 48.8 Å². The topological polar surface area (TPSA) is 204 Å². The average Bonchev–Trinajstić information content (AvgIpc) is 3.67. The Morgan fingerprint density at radius 1 is 0.982 bits per heavy atom. The Morgan fingerprint density at radius 2 is 1.76 bits per heavy atom. The molecular weight excluding hydrogens is 725 g/mol. The van der Waals surface area contributed by atoms with Gasteiger partial charge in [-0.2, -0.15) is 4.37 Å². The highest BCUT2D eigenvalue weighted by Gasteiger charge is 2.45. The Hall–Kier alpha value is -5.13. The number of primary amides is 1. The summed E-state index contributed by atoms with van der Waals surface area (Å²) < 4.78 is 4.33. The number of likely N-dealkylation sites (tertiary alicyclic amines) is 2. The number of amides is 6. The predicted molar refractivity (Wildman–Crippen MR) is 200 cm³/mol. The second-order valence-corrected chi connectivity index (χ2v) is 16.2. The number of benzene rings is 1. The van der Waals surface area contributed by atoms with Crippen molar-refractivity contribution >= 4 is 52.8 Å². The summed E-state index contributed by atoms with van der Waals surface area (Å²) in [6.07, 6.45) is 5.59. The second-order valence-electron chi connectivity index (χ2n) is 15.3. The molecule has 4 N–H and O–H groups in total. The molecule has 1 unspecified atom stereocenters. The predicted octanol–water partition coefficient (Wildman–Crippen LogP) is 1.01. The number of piperidine rings is 3. The third kappa shape index (κ3) is 7.60. The number of hydrogen-bond acceptors (Lipinski definition) is 13. The number of nitrogens with one attached hydrogen (secondary N) is 2. The SMILES string of the molecule is Cc1cc(Cc2nc(N3CCC[C@@H](NC(=O)C4CCN(C5CN(Cc6ccc7c(c6)C(=O)N(C6CCC(=O)NC6=O)C7=O)C5)CC4)C3)cnc2C(N)=O)sn1. The summed E-state index contributed by atoms with van der Waals surface area (Å²) in [6.45, 7) is 7.39. The number of carbonyl (C=O) groups excluding carboxylic acids is 6. The molecule has 16 nitrogen and oxygen atoms in total. The molecule has 8 rings (SSSR count). The van der Waals surface area contributed by atoms with Crippen molar-refractivity contribution < 1.29 is 28.8 Å². The summed E-state index contributed by atoms with van der Waals surface area (Å²) in [6, 6.07) is 6.63. The highest BCUT2D eigenvalue weighted by atomic mass is 32.1. The van der Waals surface area contributed by atoms with Gasteiger partial charge in [-0.25, -0.2) is 9.97 Å². The van der Waals surface area contributed by atoms with Gasteiger partial charge in [0, 0.05) is 68.4 Å². The zero-order valence-corrected chi connectivity index (χ0v) is 31.5. The number of carbonyl (C=O) groups is 6. The van der Waals surface area contributed by atoms with Crippen LogP contribution >= 0.6 is 11.5 Å². The maximum Gasteiger partial charge on any atom is 0.269 e. The van der Waals surface area contributed by atoms with Crippen molar-refractivity contribution in [2.75, 3.05) is 44.2 Å². The summed E-state index contributed by atoms with van der Waals surface area (Å²) in [5.74, 6) is -1.91. The van der Waals surface area contributed by atoms with Crippen molar-refractivity contribution in [3.63, 3.8) is 0 Å². The Balaban J connectivity index is 0.795. The molecular formula is C38H44N10O6S. The van der Waals surface area contributed by atoms with E-state index in [0.717, 1.165) is 79.4 Å². The van der Waals surface area contributed by atoms with E-state index in [9.17, 15) is 28.8 Å². The van der Waals surface area contributed by atoms with Crippen molar-refractivity contribution in [1.29, 1.82) is 0 Å². The van der Waals surface area contributed by atoms with Crippen LogP contribution in [0.4, 0.5) is 5.82 Å². The van der Waals surface area contributed by atoms with E-state index in [2.05, 4.69) is 34.7 Å². The van der Waals surface area contributed by atoms with Crippen LogP contribution in [0.25, 0.3) is 0 Å². The minimum atomic E-state index is -0.980. The Labute approximate surface area is 322 Å². The molecule has 6 amide bonds. The zero-order valence-electron chi connectivity index (χ0n) is 30.7. The second kappa shape index (κ2) is 15.2. The fourth-order valence-corrected chi connectivity index (χ4v) is 9.23. The lowest BCUT2D eigenvalue weighted by Gasteiger charge is -2.47. The Kier molecular flexibility index (Phi) is 10.2. The van der Waals surface area contributed by atoms with Crippen LogP contribution in [-0.4, -0.2) is 122 Å². The van der Waals surface area contributed by atoms with E-state index >= 15 is 0 Å². The van der Waals surface area contributed by atoms with Crippen molar-refractivity contribution in [2.45, 2.75) is 76.5 Å². The number of rotatable bonds is 10. The van der Waals surface area contributed by atoms with E-state index in [1.807, 2.05) is 19.1 Å². The van der Waals surface area contributed by atoms with Gasteiger partial charge in [0.1, 0.15) is 17.6 Å². The molecule has 0 saturated carbocycles. The molecule has 1 aromatic carbocycles. The maximum atomic E-state index is 13.4. The molecule has 0 bridgehead atoms. The molecule has 4 fully saturated rings. The van der Waals surface area contributed by atoms with Gasteiger partial charge >= 0.3 is 0 Å². The number of aryl methyl sites for hydroxylation is 1. The van der Waals surface area contributed by atoms with Crippen LogP contribution in [0.5, 0.6) is 0 Å². The third-order valence-corrected chi connectivity index (χ3v) is 12.3. The fourth-order valence-electron chi connectivity index (χ4n) is 8.49. The number of nitrogens with zero attached hydrogens (tertiary/aromatic N) is 7. The molecule has 7 heterocycles. The first-order chi connectivity index (χ1) is 26.5. The molecule has 288 valence electrons. The zero-order chi connectivity index (χ0) is 38.4. The molecule has 5 aliphatic heterocycles. The van der Waals surface area contributed by atoms with Crippen LogP contribution in [0.2, 0.25) is 0 Å². The molecule has 2 atom stereocenters.